The predicted octanol–water partition coefficient (Wildman–Crippen LogP) is 5.27. The normalized spacial score (nSPS) is 20.1. The summed E-state index contributed by atoms with van der Waals surface area (Å²) in [5.74, 6) is 0.323. The highest BCUT2D eigenvalue weighted by Gasteiger charge is 2.38. The van der Waals surface area contributed by atoms with Gasteiger partial charge in [0, 0.05) is 0 Å². The molecule has 3 nitrogen and oxygen atoms in total. The smallest absolute Gasteiger partial charge is 0.412 e. The first-order valence-corrected chi connectivity index (χ1v) is 8.37. The Morgan fingerprint density at radius 3 is 2.52 bits per heavy atom. The molecule has 0 fully saturated rings. The van der Waals surface area contributed by atoms with Gasteiger partial charge in [-0.1, -0.05) is 68.3 Å². The largest absolute Gasteiger partial charge is 0.465 e. The zero-order chi connectivity index (χ0) is 16.2. The van der Waals surface area contributed by atoms with Crippen LogP contribution in [0.3, 0.4) is 0 Å². The third kappa shape index (κ3) is 3.09. The molecule has 1 aliphatic rings. The molecule has 23 heavy (non-hydrogen) atoms. The quantitative estimate of drug-likeness (QED) is 0.835. The Labute approximate surface area is 137 Å². The molecule has 120 valence electrons. The van der Waals surface area contributed by atoms with Crippen molar-refractivity contribution in [1.29, 1.82) is 0 Å². The monoisotopic (exact) mass is 309 g/mol. The van der Waals surface area contributed by atoms with Crippen molar-refractivity contribution in [3.63, 3.8) is 0 Å². The molecule has 0 saturated carbocycles. The molecule has 1 heterocycles. The predicted molar refractivity (Wildman–Crippen MR) is 92.8 cm³/mol. The molecule has 3 heteroatoms. The van der Waals surface area contributed by atoms with E-state index in [0.717, 1.165) is 42.5 Å². The van der Waals surface area contributed by atoms with Crippen LogP contribution in [0.5, 0.6) is 0 Å². The van der Waals surface area contributed by atoms with Crippen LogP contribution in [0.4, 0.5) is 10.5 Å². The van der Waals surface area contributed by atoms with E-state index in [1.807, 2.05) is 48.5 Å². The molecule has 1 N–H and O–H groups in total. The van der Waals surface area contributed by atoms with E-state index in [2.05, 4.69) is 13.0 Å². The van der Waals surface area contributed by atoms with E-state index in [0.29, 0.717) is 5.92 Å². The second-order valence-electron chi connectivity index (χ2n) is 6.24. The number of amides is 1. The van der Waals surface area contributed by atoms with Gasteiger partial charge in [0.25, 0.3) is 0 Å². The van der Waals surface area contributed by atoms with Gasteiger partial charge in [0.2, 0.25) is 0 Å². The zero-order valence-electron chi connectivity index (χ0n) is 13.5. The number of benzene rings is 2. The second kappa shape index (κ2) is 6.86. The fourth-order valence-corrected chi connectivity index (χ4v) is 3.69. The SMILES string of the molecule is CCCC[C@H]1Cc2ccccc2N(C(=O)O)[C@H]1c1ccccc1. The summed E-state index contributed by atoms with van der Waals surface area (Å²) in [6.45, 7) is 2.18. The van der Waals surface area contributed by atoms with Gasteiger partial charge in [-0.25, -0.2) is 4.79 Å². The average Bonchev–Trinajstić information content (AvgIpc) is 2.59. The van der Waals surface area contributed by atoms with Crippen LogP contribution < -0.4 is 4.90 Å². The summed E-state index contributed by atoms with van der Waals surface area (Å²) in [4.78, 5) is 13.6. The van der Waals surface area contributed by atoms with Gasteiger partial charge in [0.05, 0.1) is 11.7 Å². The number of para-hydroxylation sites is 1. The first-order valence-electron chi connectivity index (χ1n) is 8.37. The number of carbonyl (C=O) groups is 1. The molecule has 1 aliphatic heterocycles. The Morgan fingerprint density at radius 2 is 1.83 bits per heavy atom. The number of nitrogens with zero attached hydrogens (tertiary/aromatic N) is 1. The van der Waals surface area contributed by atoms with E-state index in [1.165, 1.54) is 0 Å². The highest BCUT2D eigenvalue weighted by Crippen LogP contribution is 2.43. The lowest BCUT2D eigenvalue weighted by Crippen LogP contribution is -2.42. The van der Waals surface area contributed by atoms with Crippen molar-refractivity contribution in [2.45, 2.75) is 38.6 Å². The summed E-state index contributed by atoms with van der Waals surface area (Å²) in [5.41, 5.74) is 3.07. The van der Waals surface area contributed by atoms with Crippen molar-refractivity contribution in [1.82, 2.24) is 0 Å². The molecular weight excluding hydrogens is 286 g/mol. The Morgan fingerprint density at radius 1 is 1.13 bits per heavy atom. The number of carboxylic acid groups (broad SMARTS) is 1. The lowest BCUT2D eigenvalue weighted by atomic mass is 9.79. The summed E-state index contributed by atoms with van der Waals surface area (Å²) in [7, 11) is 0. The van der Waals surface area contributed by atoms with Gasteiger partial charge in [-0.2, -0.15) is 0 Å². The van der Waals surface area contributed by atoms with E-state index in [-0.39, 0.29) is 6.04 Å². The van der Waals surface area contributed by atoms with Crippen LogP contribution in [0.1, 0.15) is 43.4 Å². The minimum absolute atomic E-state index is 0.102. The second-order valence-corrected chi connectivity index (χ2v) is 6.24. The molecular formula is C20H23NO2. The highest BCUT2D eigenvalue weighted by molar-refractivity contribution is 5.89. The van der Waals surface area contributed by atoms with Crippen LogP contribution in [0.25, 0.3) is 0 Å². The van der Waals surface area contributed by atoms with Gasteiger partial charge in [-0.15, -0.1) is 0 Å². The fraction of sp³-hybridized carbons (Fsp3) is 0.350. The molecule has 0 aromatic heterocycles. The van der Waals surface area contributed by atoms with Crippen molar-refractivity contribution in [2.75, 3.05) is 4.90 Å². The summed E-state index contributed by atoms with van der Waals surface area (Å²) in [5, 5.41) is 9.89. The first kappa shape index (κ1) is 15.6. The van der Waals surface area contributed by atoms with Crippen LogP contribution in [-0.4, -0.2) is 11.2 Å². The molecule has 2 atom stereocenters. The van der Waals surface area contributed by atoms with E-state index < -0.39 is 6.09 Å². The maximum atomic E-state index is 12.0. The van der Waals surface area contributed by atoms with E-state index in [1.54, 1.807) is 4.90 Å². The summed E-state index contributed by atoms with van der Waals surface area (Å²) >= 11 is 0. The maximum Gasteiger partial charge on any atom is 0.412 e. The van der Waals surface area contributed by atoms with Crippen molar-refractivity contribution in [3.8, 4) is 0 Å². The lowest BCUT2D eigenvalue weighted by molar-refractivity contribution is 0.192. The van der Waals surface area contributed by atoms with Crippen molar-refractivity contribution in [3.05, 3.63) is 65.7 Å². The minimum Gasteiger partial charge on any atom is -0.465 e. The average molecular weight is 309 g/mol. The molecule has 0 radical (unpaired) electrons. The number of anilines is 1. The van der Waals surface area contributed by atoms with Gasteiger partial charge in [0.15, 0.2) is 0 Å². The highest BCUT2D eigenvalue weighted by atomic mass is 16.4. The number of fused-ring (bicyclic) bond motifs is 1. The molecule has 3 rings (SSSR count). The van der Waals surface area contributed by atoms with Crippen LogP contribution in [0.15, 0.2) is 54.6 Å². The first-order chi connectivity index (χ1) is 11.2. The molecule has 0 unspecified atom stereocenters. The topological polar surface area (TPSA) is 40.5 Å². The summed E-state index contributed by atoms with van der Waals surface area (Å²) in [6, 6.07) is 17.9. The number of unbranched alkanes of at least 4 members (excludes halogenated alkanes) is 1. The molecule has 0 bridgehead atoms. The Kier molecular flexibility index (Phi) is 4.65. The summed E-state index contributed by atoms with van der Waals surface area (Å²) in [6.07, 6.45) is 3.39. The molecule has 0 saturated heterocycles. The van der Waals surface area contributed by atoms with Gasteiger partial charge in [-0.3, -0.25) is 4.90 Å². The zero-order valence-corrected chi connectivity index (χ0v) is 13.5. The molecule has 2 aromatic rings. The Balaban J connectivity index is 2.08. The van der Waals surface area contributed by atoms with Crippen molar-refractivity contribution in [2.24, 2.45) is 5.92 Å². The number of hydrogen-bond donors (Lipinski definition) is 1. The van der Waals surface area contributed by atoms with Crippen LogP contribution >= 0.6 is 0 Å². The molecule has 2 aromatic carbocycles. The number of rotatable bonds is 4. The third-order valence-corrected chi connectivity index (χ3v) is 4.73. The van der Waals surface area contributed by atoms with Gasteiger partial charge >= 0.3 is 6.09 Å². The van der Waals surface area contributed by atoms with Crippen LogP contribution in [0, 0.1) is 5.92 Å². The van der Waals surface area contributed by atoms with Gasteiger partial charge < -0.3 is 5.11 Å². The fourth-order valence-electron chi connectivity index (χ4n) is 3.69. The van der Waals surface area contributed by atoms with Crippen LogP contribution in [-0.2, 0) is 6.42 Å². The van der Waals surface area contributed by atoms with Gasteiger partial charge in [0.1, 0.15) is 0 Å². The molecule has 1 amide bonds. The van der Waals surface area contributed by atoms with Gasteiger partial charge in [-0.05, 0) is 36.0 Å². The lowest BCUT2D eigenvalue weighted by Gasteiger charge is -2.41. The minimum atomic E-state index is -0.868. The molecule has 0 spiro atoms. The number of hydrogen-bond acceptors (Lipinski definition) is 1. The Hall–Kier alpha value is -2.29. The third-order valence-electron chi connectivity index (χ3n) is 4.73. The van der Waals surface area contributed by atoms with Crippen molar-refractivity contribution >= 4 is 11.8 Å². The molecule has 0 aliphatic carbocycles. The maximum absolute atomic E-state index is 12.0. The Bertz CT molecular complexity index is 668. The van der Waals surface area contributed by atoms with E-state index >= 15 is 0 Å². The summed E-state index contributed by atoms with van der Waals surface area (Å²) < 4.78 is 0. The van der Waals surface area contributed by atoms with E-state index in [9.17, 15) is 9.90 Å². The van der Waals surface area contributed by atoms with E-state index in [4.69, 9.17) is 0 Å². The van der Waals surface area contributed by atoms with Crippen LogP contribution in [0.2, 0.25) is 0 Å². The van der Waals surface area contributed by atoms with Crippen molar-refractivity contribution < 1.29 is 9.90 Å². The standard InChI is InChI=1S/C20H23NO2/c1-2-3-9-17-14-16-12-7-8-13-18(16)21(20(22)23)19(17)15-10-5-4-6-11-15/h4-8,10-13,17,19H,2-3,9,14H2,1H3,(H,22,23)/t17-,19-/m0/s1.